The maximum atomic E-state index is 14.9. The fourth-order valence-electron chi connectivity index (χ4n) is 3.87. The van der Waals surface area contributed by atoms with E-state index in [0.717, 1.165) is 18.4 Å². The van der Waals surface area contributed by atoms with E-state index in [0.29, 0.717) is 34.0 Å². The summed E-state index contributed by atoms with van der Waals surface area (Å²) in [6.07, 6.45) is 6.71. The van der Waals surface area contributed by atoms with E-state index in [1.54, 1.807) is 60.3 Å². The highest BCUT2D eigenvalue weighted by atomic mass is 19.1. The first-order valence-corrected chi connectivity index (χ1v) is 11.0. The van der Waals surface area contributed by atoms with Crippen LogP contribution in [0.3, 0.4) is 0 Å². The van der Waals surface area contributed by atoms with Crippen LogP contribution in [0, 0.1) is 5.82 Å². The van der Waals surface area contributed by atoms with Crippen LogP contribution in [-0.4, -0.2) is 19.7 Å². The summed E-state index contributed by atoms with van der Waals surface area (Å²) in [5.41, 5.74) is 8.69. The molecule has 0 aliphatic heterocycles. The van der Waals surface area contributed by atoms with Crippen molar-refractivity contribution in [2.24, 2.45) is 5.73 Å². The third kappa shape index (κ3) is 4.47. The highest BCUT2D eigenvalue weighted by molar-refractivity contribution is 5.67. The van der Waals surface area contributed by atoms with Gasteiger partial charge in [-0.25, -0.2) is 9.37 Å². The number of pyridine rings is 1. The van der Waals surface area contributed by atoms with Gasteiger partial charge in [-0.15, -0.1) is 0 Å². The van der Waals surface area contributed by atoms with Gasteiger partial charge in [-0.3, -0.25) is 9.78 Å². The number of halogens is 1. The van der Waals surface area contributed by atoms with Crippen molar-refractivity contribution in [1.29, 1.82) is 0 Å². The van der Waals surface area contributed by atoms with Crippen molar-refractivity contribution in [3.8, 4) is 34.0 Å². The number of hydrogen-bond acceptors (Lipinski definition) is 6. The Kier molecular flexibility index (Phi) is 6.46. The molecule has 1 atom stereocenters. The van der Waals surface area contributed by atoms with E-state index in [1.807, 2.05) is 6.20 Å². The quantitative estimate of drug-likeness (QED) is 0.421. The largest absolute Gasteiger partial charge is 0.354 e. The maximum Gasteiger partial charge on any atom is 0.250 e. The van der Waals surface area contributed by atoms with Gasteiger partial charge >= 0.3 is 0 Å². The van der Waals surface area contributed by atoms with Gasteiger partial charge in [0.05, 0.1) is 18.1 Å². The summed E-state index contributed by atoms with van der Waals surface area (Å²) in [6.45, 7) is 5.84. The monoisotopic (exact) mass is 447 g/mol. The molecule has 1 unspecified atom stereocenters. The number of nitrogens with two attached hydrogens (primary N) is 1. The van der Waals surface area contributed by atoms with Crippen molar-refractivity contribution in [2.75, 3.05) is 0 Å². The van der Waals surface area contributed by atoms with Crippen molar-refractivity contribution < 1.29 is 8.91 Å². The molecule has 4 aromatic rings. The van der Waals surface area contributed by atoms with Crippen LogP contribution in [0.15, 0.2) is 64.3 Å². The fourth-order valence-corrected chi connectivity index (χ4v) is 3.87. The van der Waals surface area contributed by atoms with Crippen molar-refractivity contribution >= 4 is 0 Å². The molecule has 0 bridgehead atoms. The average molecular weight is 448 g/mol. The van der Waals surface area contributed by atoms with Crippen LogP contribution in [0.5, 0.6) is 0 Å². The topological polar surface area (TPSA) is 99.8 Å². The molecule has 3 heterocycles. The first-order valence-electron chi connectivity index (χ1n) is 11.0. The summed E-state index contributed by atoms with van der Waals surface area (Å²) < 4.78 is 22.1. The van der Waals surface area contributed by atoms with Gasteiger partial charge in [0.1, 0.15) is 17.2 Å². The second-order valence-corrected chi connectivity index (χ2v) is 8.00. The van der Waals surface area contributed by atoms with E-state index in [2.05, 4.69) is 29.0 Å². The van der Waals surface area contributed by atoms with E-state index >= 15 is 0 Å². The van der Waals surface area contributed by atoms with Crippen LogP contribution in [-0.2, 0) is 0 Å². The lowest BCUT2D eigenvalue weighted by Gasteiger charge is -2.17. The molecule has 0 saturated heterocycles. The zero-order chi connectivity index (χ0) is 23.5. The van der Waals surface area contributed by atoms with Gasteiger partial charge in [-0.2, -0.15) is 0 Å². The smallest absolute Gasteiger partial charge is 0.250 e. The Hall–Kier alpha value is -3.65. The molecule has 33 heavy (non-hydrogen) atoms. The molecule has 1 aromatic carbocycles. The molecule has 3 aromatic heterocycles. The zero-order valence-electron chi connectivity index (χ0n) is 18.8. The second-order valence-electron chi connectivity index (χ2n) is 8.00. The minimum atomic E-state index is -0.442. The Morgan fingerprint density at radius 2 is 1.85 bits per heavy atom. The Morgan fingerprint density at radius 3 is 2.58 bits per heavy atom. The Bertz CT molecular complexity index is 1320. The molecule has 0 radical (unpaired) electrons. The SMILES string of the molecule is CCC(CC)n1cc(-c2cncc(-c3cc(-c4cccc(C(C)N)c4F)no3)n2)ccc1=O. The number of aromatic nitrogens is 4. The average Bonchev–Trinajstić information content (AvgIpc) is 3.31. The van der Waals surface area contributed by atoms with E-state index < -0.39 is 11.9 Å². The number of benzene rings is 1. The summed E-state index contributed by atoms with van der Waals surface area (Å²) >= 11 is 0. The molecule has 4 rings (SSSR count). The van der Waals surface area contributed by atoms with Crippen LogP contribution in [0.1, 0.15) is 51.3 Å². The third-order valence-corrected chi connectivity index (χ3v) is 5.76. The van der Waals surface area contributed by atoms with Crippen LogP contribution < -0.4 is 11.3 Å². The predicted octanol–water partition coefficient (Wildman–Crippen LogP) is 5.15. The lowest BCUT2D eigenvalue weighted by molar-refractivity contribution is 0.433. The second kappa shape index (κ2) is 9.46. The van der Waals surface area contributed by atoms with Gasteiger partial charge in [-0.05, 0) is 31.9 Å². The standard InChI is InChI=1S/C25H26FN5O2/c1-4-17(5-2)31-14-16(9-10-24(31)32)21-12-28-13-22(29-21)23-11-20(30-33-23)19-8-6-7-18(15(3)27)25(19)26/h6-15,17H,4-5,27H2,1-3H3. The van der Waals surface area contributed by atoms with Gasteiger partial charge in [0.25, 0.3) is 5.56 Å². The van der Waals surface area contributed by atoms with E-state index in [1.165, 1.54) is 0 Å². The molecular formula is C25H26FN5O2. The Labute approximate surface area is 191 Å². The first-order chi connectivity index (χ1) is 15.9. The predicted molar refractivity (Wildman–Crippen MR) is 125 cm³/mol. The summed E-state index contributed by atoms with van der Waals surface area (Å²) in [4.78, 5) is 21.3. The highest BCUT2D eigenvalue weighted by Gasteiger charge is 2.18. The molecule has 0 fully saturated rings. The molecule has 0 spiro atoms. The van der Waals surface area contributed by atoms with Crippen molar-refractivity contribution in [3.05, 3.63) is 76.7 Å². The van der Waals surface area contributed by atoms with Crippen LogP contribution in [0.25, 0.3) is 34.0 Å². The van der Waals surface area contributed by atoms with Gasteiger partial charge in [0.15, 0.2) is 5.76 Å². The summed E-state index contributed by atoms with van der Waals surface area (Å²) in [5, 5.41) is 4.03. The van der Waals surface area contributed by atoms with E-state index in [9.17, 15) is 9.18 Å². The van der Waals surface area contributed by atoms with Gasteiger partial charge < -0.3 is 14.8 Å². The van der Waals surface area contributed by atoms with Gasteiger partial charge in [0.2, 0.25) is 0 Å². The minimum Gasteiger partial charge on any atom is -0.354 e. The Balaban J connectivity index is 1.70. The van der Waals surface area contributed by atoms with Gasteiger partial charge in [-0.1, -0.05) is 31.1 Å². The maximum absolute atomic E-state index is 14.9. The van der Waals surface area contributed by atoms with Gasteiger partial charge in [0, 0.05) is 47.1 Å². The fraction of sp³-hybridized carbons (Fsp3) is 0.280. The lowest BCUT2D eigenvalue weighted by Crippen LogP contribution is -2.23. The molecule has 7 nitrogen and oxygen atoms in total. The number of rotatable bonds is 7. The molecular weight excluding hydrogens is 421 g/mol. The van der Waals surface area contributed by atoms with Crippen molar-refractivity contribution in [2.45, 2.75) is 45.7 Å². The first kappa shape index (κ1) is 22.5. The molecule has 170 valence electrons. The zero-order valence-corrected chi connectivity index (χ0v) is 18.8. The number of nitrogens with zero attached hydrogens (tertiary/aromatic N) is 4. The summed E-state index contributed by atoms with van der Waals surface area (Å²) in [5.74, 6) is -0.0610. The summed E-state index contributed by atoms with van der Waals surface area (Å²) in [7, 11) is 0. The summed E-state index contributed by atoms with van der Waals surface area (Å²) in [6, 6.07) is 9.60. The Morgan fingerprint density at radius 1 is 1.09 bits per heavy atom. The molecule has 8 heteroatoms. The molecule has 0 aliphatic rings. The molecule has 2 N–H and O–H groups in total. The van der Waals surface area contributed by atoms with Crippen molar-refractivity contribution in [3.63, 3.8) is 0 Å². The van der Waals surface area contributed by atoms with E-state index in [4.69, 9.17) is 10.3 Å². The molecule has 0 amide bonds. The molecule has 0 aliphatic carbocycles. The molecule has 0 saturated carbocycles. The van der Waals surface area contributed by atoms with E-state index in [-0.39, 0.29) is 11.6 Å². The van der Waals surface area contributed by atoms with Crippen LogP contribution >= 0.6 is 0 Å². The highest BCUT2D eigenvalue weighted by Crippen LogP contribution is 2.30. The lowest BCUT2D eigenvalue weighted by atomic mass is 10.0. The number of hydrogen-bond donors (Lipinski definition) is 1. The third-order valence-electron chi connectivity index (χ3n) is 5.76. The normalized spacial score (nSPS) is 12.3. The van der Waals surface area contributed by atoms with Crippen molar-refractivity contribution in [1.82, 2.24) is 19.7 Å². The van der Waals surface area contributed by atoms with Crippen LogP contribution in [0.4, 0.5) is 4.39 Å². The minimum absolute atomic E-state index is 0.0486. The van der Waals surface area contributed by atoms with Crippen LogP contribution in [0.2, 0.25) is 0 Å².